The van der Waals surface area contributed by atoms with E-state index in [0.29, 0.717) is 13.2 Å². The minimum atomic E-state index is -0.341. The molecule has 0 unspecified atom stereocenters. The number of rotatable bonds is 6. The fourth-order valence-electron chi connectivity index (χ4n) is 2.80. The fourth-order valence-corrected chi connectivity index (χ4v) is 2.80. The van der Waals surface area contributed by atoms with Gasteiger partial charge in [-0.1, -0.05) is 30.3 Å². The number of likely N-dealkylation sites (N-methyl/N-ethyl adjacent to an activating group) is 2. The molecule has 2 rings (SSSR count). The number of benzene rings is 1. The molecule has 0 atom stereocenters. The van der Waals surface area contributed by atoms with E-state index in [0.717, 1.165) is 32.5 Å². The summed E-state index contributed by atoms with van der Waals surface area (Å²) in [6.45, 7) is 4.18. The molecule has 114 valence electrons. The molecule has 0 amide bonds. The van der Waals surface area contributed by atoms with Gasteiger partial charge in [0.05, 0.1) is 6.07 Å². The van der Waals surface area contributed by atoms with Crippen molar-refractivity contribution in [2.75, 3.05) is 40.4 Å². The minimum absolute atomic E-state index is 0.341. The van der Waals surface area contributed by atoms with Crippen LogP contribution in [0.5, 0.6) is 0 Å². The van der Waals surface area contributed by atoms with Gasteiger partial charge in [0.2, 0.25) is 0 Å². The molecule has 0 saturated carbocycles. The van der Waals surface area contributed by atoms with E-state index in [1.165, 1.54) is 5.56 Å². The molecule has 1 fully saturated rings. The van der Waals surface area contributed by atoms with Crippen LogP contribution in [0.25, 0.3) is 0 Å². The molecule has 0 aliphatic carbocycles. The van der Waals surface area contributed by atoms with Crippen molar-refractivity contribution in [3.05, 3.63) is 35.9 Å². The second-order valence-electron chi connectivity index (χ2n) is 5.90. The predicted molar refractivity (Wildman–Crippen MR) is 83.8 cm³/mol. The molecule has 0 N–H and O–H groups in total. The zero-order valence-corrected chi connectivity index (χ0v) is 13.1. The highest BCUT2D eigenvalue weighted by atomic mass is 16.5. The maximum Gasteiger partial charge on any atom is 0.113 e. The van der Waals surface area contributed by atoms with Crippen molar-refractivity contribution < 1.29 is 4.74 Å². The van der Waals surface area contributed by atoms with E-state index < -0.39 is 0 Å². The summed E-state index contributed by atoms with van der Waals surface area (Å²) in [4.78, 5) is 4.51. The van der Waals surface area contributed by atoms with E-state index in [-0.39, 0.29) is 5.54 Å². The zero-order chi connectivity index (χ0) is 15.1. The van der Waals surface area contributed by atoms with Gasteiger partial charge in [-0.2, -0.15) is 5.26 Å². The highest BCUT2D eigenvalue weighted by Gasteiger charge is 2.36. The Labute approximate surface area is 127 Å². The van der Waals surface area contributed by atoms with Gasteiger partial charge in [-0.15, -0.1) is 0 Å². The van der Waals surface area contributed by atoms with E-state index in [9.17, 15) is 5.26 Å². The van der Waals surface area contributed by atoms with Crippen LogP contribution in [0.4, 0.5) is 0 Å². The maximum absolute atomic E-state index is 9.55. The third-order valence-corrected chi connectivity index (χ3v) is 4.37. The molecule has 1 aromatic carbocycles. The normalized spacial score (nSPS) is 17.9. The quantitative estimate of drug-likeness (QED) is 0.803. The van der Waals surface area contributed by atoms with Gasteiger partial charge in [-0.25, -0.2) is 0 Å². The lowest BCUT2D eigenvalue weighted by molar-refractivity contribution is 0.00876. The van der Waals surface area contributed by atoms with Gasteiger partial charge >= 0.3 is 0 Å². The van der Waals surface area contributed by atoms with Crippen LogP contribution in [0.1, 0.15) is 18.4 Å². The summed E-state index contributed by atoms with van der Waals surface area (Å²) in [5.74, 6) is 0. The maximum atomic E-state index is 9.55. The molecule has 0 aromatic heterocycles. The summed E-state index contributed by atoms with van der Waals surface area (Å²) >= 11 is 0. The molecule has 0 bridgehead atoms. The van der Waals surface area contributed by atoms with Crippen LogP contribution in [0, 0.1) is 11.3 Å². The molecule has 21 heavy (non-hydrogen) atoms. The van der Waals surface area contributed by atoms with E-state index in [2.05, 4.69) is 54.2 Å². The van der Waals surface area contributed by atoms with Gasteiger partial charge in [0.1, 0.15) is 5.54 Å². The first kappa shape index (κ1) is 16.0. The molecule has 4 nitrogen and oxygen atoms in total. The Balaban J connectivity index is 1.82. The Morgan fingerprint density at radius 2 is 1.81 bits per heavy atom. The van der Waals surface area contributed by atoms with Crippen molar-refractivity contribution in [2.24, 2.45) is 0 Å². The molecular formula is C17H25N3O. The standard InChI is InChI=1S/C17H25N3O/c1-19(14-16-6-4-3-5-7-16)10-11-20(2)17(15-18)8-12-21-13-9-17/h3-7H,8-14H2,1-2H3. The zero-order valence-electron chi connectivity index (χ0n) is 13.1. The Hall–Kier alpha value is -1.41. The van der Waals surface area contributed by atoms with Gasteiger partial charge in [0, 0.05) is 45.7 Å². The van der Waals surface area contributed by atoms with Crippen molar-refractivity contribution >= 4 is 0 Å². The first-order valence-corrected chi connectivity index (χ1v) is 7.59. The second-order valence-corrected chi connectivity index (χ2v) is 5.90. The molecule has 1 aliphatic rings. The van der Waals surface area contributed by atoms with Crippen molar-refractivity contribution in [1.82, 2.24) is 9.80 Å². The van der Waals surface area contributed by atoms with Crippen molar-refractivity contribution in [3.63, 3.8) is 0 Å². The number of nitrogens with zero attached hydrogens (tertiary/aromatic N) is 3. The van der Waals surface area contributed by atoms with Crippen molar-refractivity contribution in [1.29, 1.82) is 5.26 Å². The van der Waals surface area contributed by atoms with Crippen molar-refractivity contribution in [3.8, 4) is 6.07 Å². The number of hydrogen-bond donors (Lipinski definition) is 0. The van der Waals surface area contributed by atoms with Gasteiger partial charge in [0.15, 0.2) is 0 Å². The van der Waals surface area contributed by atoms with Crippen LogP contribution in [0.3, 0.4) is 0 Å². The molecule has 4 heteroatoms. The molecule has 1 aromatic rings. The summed E-state index contributed by atoms with van der Waals surface area (Å²) in [6.07, 6.45) is 1.62. The van der Waals surface area contributed by atoms with E-state index in [1.807, 2.05) is 6.07 Å². The summed E-state index contributed by atoms with van der Waals surface area (Å²) in [5, 5.41) is 9.55. The lowest BCUT2D eigenvalue weighted by Gasteiger charge is -2.39. The van der Waals surface area contributed by atoms with Crippen LogP contribution in [-0.2, 0) is 11.3 Å². The third-order valence-electron chi connectivity index (χ3n) is 4.37. The Kier molecular flexibility index (Phi) is 5.75. The fraction of sp³-hybridized carbons (Fsp3) is 0.588. The minimum Gasteiger partial charge on any atom is -0.381 e. The predicted octanol–water partition coefficient (Wildman–Crippen LogP) is 2.12. The van der Waals surface area contributed by atoms with Crippen LogP contribution in [0.15, 0.2) is 30.3 Å². The Bertz CT molecular complexity index is 463. The van der Waals surface area contributed by atoms with Crippen LogP contribution >= 0.6 is 0 Å². The average Bonchev–Trinajstić information content (AvgIpc) is 2.54. The van der Waals surface area contributed by atoms with E-state index in [4.69, 9.17) is 4.74 Å². The van der Waals surface area contributed by atoms with Crippen LogP contribution in [0.2, 0.25) is 0 Å². The molecule has 1 heterocycles. The largest absolute Gasteiger partial charge is 0.381 e. The van der Waals surface area contributed by atoms with Crippen LogP contribution in [-0.4, -0.2) is 55.7 Å². The average molecular weight is 287 g/mol. The summed E-state index contributed by atoms with van der Waals surface area (Å²) in [6, 6.07) is 13.0. The number of ether oxygens (including phenoxy) is 1. The van der Waals surface area contributed by atoms with Gasteiger partial charge in [-0.05, 0) is 19.7 Å². The van der Waals surface area contributed by atoms with Crippen molar-refractivity contribution in [2.45, 2.75) is 24.9 Å². The first-order valence-electron chi connectivity index (χ1n) is 7.59. The summed E-state index contributed by atoms with van der Waals surface area (Å²) in [7, 11) is 4.19. The highest BCUT2D eigenvalue weighted by molar-refractivity contribution is 5.14. The summed E-state index contributed by atoms with van der Waals surface area (Å²) < 4.78 is 5.39. The molecule has 0 spiro atoms. The molecule has 1 saturated heterocycles. The van der Waals surface area contributed by atoms with Gasteiger partial charge < -0.3 is 9.64 Å². The lowest BCUT2D eigenvalue weighted by Crippen LogP contribution is -2.51. The number of nitriles is 1. The Morgan fingerprint density at radius 1 is 1.14 bits per heavy atom. The molecule has 0 radical (unpaired) electrons. The SMILES string of the molecule is CN(CCN(C)C1(C#N)CCOCC1)Cc1ccccc1. The molecular weight excluding hydrogens is 262 g/mol. The third kappa shape index (κ3) is 4.28. The van der Waals surface area contributed by atoms with E-state index >= 15 is 0 Å². The smallest absolute Gasteiger partial charge is 0.113 e. The van der Waals surface area contributed by atoms with Gasteiger partial charge in [0.25, 0.3) is 0 Å². The monoisotopic (exact) mass is 287 g/mol. The lowest BCUT2D eigenvalue weighted by atomic mass is 9.90. The highest BCUT2D eigenvalue weighted by Crippen LogP contribution is 2.25. The summed E-state index contributed by atoms with van der Waals surface area (Å²) in [5.41, 5.74) is 0.981. The first-order chi connectivity index (χ1) is 10.2. The van der Waals surface area contributed by atoms with E-state index in [1.54, 1.807) is 0 Å². The topological polar surface area (TPSA) is 39.5 Å². The second kappa shape index (κ2) is 7.56. The van der Waals surface area contributed by atoms with Crippen LogP contribution < -0.4 is 0 Å². The molecule has 1 aliphatic heterocycles. The Morgan fingerprint density at radius 3 is 2.43 bits per heavy atom. The number of hydrogen-bond acceptors (Lipinski definition) is 4. The van der Waals surface area contributed by atoms with Gasteiger partial charge in [-0.3, -0.25) is 4.90 Å².